The zero-order valence-corrected chi connectivity index (χ0v) is 9.84. The van der Waals surface area contributed by atoms with Crippen LogP contribution >= 0.6 is 0 Å². The summed E-state index contributed by atoms with van der Waals surface area (Å²) >= 11 is 0. The topological polar surface area (TPSA) is 69.3 Å². The van der Waals surface area contributed by atoms with E-state index in [9.17, 15) is 4.79 Å². The molecule has 94 valence electrons. The van der Waals surface area contributed by atoms with E-state index in [1.807, 2.05) is 29.1 Å². The molecule has 1 aromatic heterocycles. The first-order valence-electron chi connectivity index (χ1n) is 6.03. The quantitative estimate of drug-likeness (QED) is 0.763. The van der Waals surface area contributed by atoms with Gasteiger partial charge in [0.05, 0.1) is 6.10 Å². The highest BCUT2D eigenvalue weighted by Gasteiger charge is 2.29. The summed E-state index contributed by atoms with van der Waals surface area (Å²) in [5, 5.41) is 2.88. The fourth-order valence-corrected chi connectivity index (χ4v) is 2.01. The Morgan fingerprint density at radius 2 is 2.18 bits per heavy atom. The number of aromatic nitrogens is 1. The van der Waals surface area contributed by atoms with Gasteiger partial charge in [0.1, 0.15) is 6.10 Å². The van der Waals surface area contributed by atoms with Crippen molar-refractivity contribution >= 4 is 5.91 Å². The van der Waals surface area contributed by atoms with Gasteiger partial charge < -0.3 is 20.4 Å². The second kappa shape index (κ2) is 5.84. The highest BCUT2D eigenvalue weighted by Crippen LogP contribution is 2.18. The van der Waals surface area contributed by atoms with Crippen LogP contribution in [0.15, 0.2) is 24.5 Å². The summed E-state index contributed by atoms with van der Waals surface area (Å²) < 4.78 is 7.54. The third-order valence-corrected chi connectivity index (χ3v) is 3.00. The number of nitrogens with zero attached hydrogens (tertiary/aromatic N) is 1. The van der Waals surface area contributed by atoms with E-state index in [0.717, 1.165) is 19.4 Å². The fraction of sp³-hybridized carbons (Fsp3) is 0.583. The molecule has 0 aromatic carbocycles. The van der Waals surface area contributed by atoms with Crippen molar-refractivity contribution in [2.45, 2.75) is 31.6 Å². The number of carbonyl (C=O) groups is 1. The van der Waals surface area contributed by atoms with Gasteiger partial charge >= 0.3 is 0 Å². The zero-order valence-electron chi connectivity index (χ0n) is 9.84. The van der Waals surface area contributed by atoms with Crippen molar-refractivity contribution in [3.63, 3.8) is 0 Å². The standard InChI is InChI=1S/C12H19N3O2/c13-9-10-3-4-11(17-10)12(16)14-5-8-15-6-1-2-7-15/h1-2,6-7,10-11H,3-5,8-9,13H2,(H,14,16). The van der Waals surface area contributed by atoms with E-state index >= 15 is 0 Å². The van der Waals surface area contributed by atoms with Crippen LogP contribution in [0.1, 0.15) is 12.8 Å². The Labute approximate surface area is 101 Å². The van der Waals surface area contributed by atoms with Crippen molar-refractivity contribution in [3.05, 3.63) is 24.5 Å². The first-order valence-corrected chi connectivity index (χ1v) is 6.03. The Balaban J connectivity index is 1.67. The van der Waals surface area contributed by atoms with Crippen molar-refractivity contribution in [1.29, 1.82) is 0 Å². The number of amides is 1. The molecule has 0 aliphatic carbocycles. The molecule has 5 nitrogen and oxygen atoms in total. The molecule has 3 N–H and O–H groups in total. The lowest BCUT2D eigenvalue weighted by molar-refractivity contribution is -0.131. The Morgan fingerprint density at radius 3 is 2.82 bits per heavy atom. The molecule has 1 aliphatic rings. The molecular weight excluding hydrogens is 218 g/mol. The van der Waals surface area contributed by atoms with Gasteiger partial charge in [-0.05, 0) is 25.0 Å². The average molecular weight is 237 g/mol. The predicted octanol–water partition coefficient (Wildman–Crippen LogP) is 0.111. The highest BCUT2D eigenvalue weighted by atomic mass is 16.5. The molecule has 0 bridgehead atoms. The van der Waals surface area contributed by atoms with Crippen LogP contribution in [0.25, 0.3) is 0 Å². The minimum Gasteiger partial charge on any atom is -0.364 e. The second-order valence-electron chi connectivity index (χ2n) is 4.27. The summed E-state index contributed by atoms with van der Waals surface area (Å²) in [7, 11) is 0. The van der Waals surface area contributed by atoms with Crippen LogP contribution in [0.3, 0.4) is 0 Å². The summed E-state index contributed by atoms with van der Waals surface area (Å²) in [6.07, 6.45) is 5.35. The van der Waals surface area contributed by atoms with Gasteiger partial charge in [0, 0.05) is 32.0 Å². The number of nitrogens with two attached hydrogens (primary N) is 1. The lowest BCUT2D eigenvalue weighted by Gasteiger charge is -2.12. The van der Waals surface area contributed by atoms with E-state index < -0.39 is 0 Å². The normalized spacial score (nSPS) is 23.8. The number of carbonyl (C=O) groups excluding carboxylic acids is 1. The zero-order chi connectivity index (χ0) is 12.1. The van der Waals surface area contributed by atoms with E-state index in [1.165, 1.54) is 0 Å². The molecule has 1 fully saturated rings. The maximum Gasteiger partial charge on any atom is 0.249 e. The first-order chi connectivity index (χ1) is 8.29. The van der Waals surface area contributed by atoms with Crippen LogP contribution in [0, 0.1) is 0 Å². The Hall–Kier alpha value is -1.33. The van der Waals surface area contributed by atoms with Crippen LogP contribution in [-0.4, -0.2) is 35.8 Å². The van der Waals surface area contributed by atoms with Crippen LogP contribution in [0.5, 0.6) is 0 Å². The van der Waals surface area contributed by atoms with E-state index in [1.54, 1.807) is 0 Å². The van der Waals surface area contributed by atoms with Gasteiger partial charge in [-0.1, -0.05) is 0 Å². The van der Waals surface area contributed by atoms with E-state index in [-0.39, 0.29) is 18.1 Å². The summed E-state index contributed by atoms with van der Waals surface area (Å²) in [4.78, 5) is 11.7. The molecule has 0 saturated carbocycles. The summed E-state index contributed by atoms with van der Waals surface area (Å²) in [5.41, 5.74) is 5.50. The van der Waals surface area contributed by atoms with Crippen LogP contribution in [-0.2, 0) is 16.1 Å². The summed E-state index contributed by atoms with van der Waals surface area (Å²) in [6.45, 7) is 1.90. The van der Waals surface area contributed by atoms with Crippen molar-refractivity contribution in [3.8, 4) is 0 Å². The summed E-state index contributed by atoms with van der Waals surface area (Å²) in [6, 6.07) is 3.93. The first kappa shape index (κ1) is 12.1. The van der Waals surface area contributed by atoms with Gasteiger partial charge in [-0.3, -0.25) is 4.79 Å². The SMILES string of the molecule is NCC1CCC(C(=O)NCCn2cccc2)O1. The monoisotopic (exact) mass is 237 g/mol. The largest absolute Gasteiger partial charge is 0.364 e. The molecule has 0 radical (unpaired) electrons. The van der Waals surface area contributed by atoms with Crippen LogP contribution in [0.2, 0.25) is 0 Å². The minimum atomic E-state index is -0.312. The third-order valence-electron chi connectivity index (χ3n) is 3.00. The van der Waals surface area contributed by atoms with Gasteiger partial charge in [-0.25, -0.2) is 0 Å². The molecule has 2 atom stereocenters. The highest BCUT2D eigenvalue weighted by molar-refractivity contribution is 5.80. The lowest BCUT2D eigenvalue weighted by atomic mass is 10.2. The fourth-order valence-electron chi connectivity index (χ4n) is 2.01. The number of hydrogen-bond acceptors (Lipinski definition) is 3. The lowest BCUT2D eigenvalue weighted by Crippen LogP contribution is -2.37. The van der Waals surface area contributed by atoms with Gasteiger partial charge in [-0.15, -0.1) is 0 Å². The van der Waals surface area contributed by atoms with Gasteiger partial charge in [0.25, 0.3) is 0 Å². The number of nitrogens with one attached hydrogen (secondary N) is 1. The smallest absolute Gasteiger partial charge is 0.249 e. The molecule has 1 aromatic rings. The summed E-state index contributed by atoms with van der Waals surface area (Å²) in [5.74, 6) is -0.0203. The molecule has 0 spiro atoms. The second-order valence-corrected chi connectivity index (χ2v) is 4.27. The molecule has 1 aliphatic heterocycles. The van der Waals surface area contributed by atoms with Crippen molar-refractivity contribution < 1.29 is 9.53 Å². The maximum absolute atomic E-state index is 11.7. The van der Waals surface area contributed by atoms with Gasteiger partial charge in [0.15, 0.2) is 0 Å². The van der Waals surface area contributed by atoms with Gasteiger partial charge in [0.2, 0.25) is 5.91 Å². The average Bonchev–Trinajstić information content (AvgIpc) is 2.99. The van der Waals surface area contributed by atoms with Crippen LogP contribution in [0.4, 0.5) is 0 Å². The Morgan fingerprint density at radius 1 is 1.41 bits per heavy atom. The number of hydrogen-bond donors (Lipinski definition) is 2. The molecule has 2 heterocycles. The Kier molecular flexibility index (Phi) is 4.17. The molecule has 2 rings (SSSR count). The molecule has 17 heavy (non-hydrogen) atoms. The van der Waals surface area contributed by atoms with E-state index in [2.05, 4.69) is 5.32 Å². The molecule has 1 saturated heterocycles. The van der Waals surface area contributed by atoms with Gasteiger partial charge in [-0.2, -0.15) is 0 Å². The maximum atomic E-state index is 11.7. The minimum absolute atomic E-state index is 0.0203. The third kappa shape index (κ3) is 3.31. The molecule has 1 amide bonds. The molecule has 5 heteroatoms. The molecule has 2 unspecified atom stereocenters. The predicted molar refractivity (Wildman–Crippen MR) is 64.4 cm³/mol. The van der Waals surface area contributed by atoms with E-state index in [0.29, 0.717) is 13.1 Å². The number of ether oxygens (including phenoxy) is 1. The van der Waals surface area contributed by atoms with Crippen molar-refractivity contribution in [1.82, 2.24) is 9.88 Å². The Bertz CT molecular complexity index is 351. The van der Waals surface area contributed by atoms with Crippen molar-refractivity contribution in [2.75, 3.05) is 13.1 Å². The van der Waals surface area contributed by atoms with Crippen LogP contribution < -0.4 is 11.1 Å². The van der Waals surface area contributed by atoms with E-state index in [4.69, 9.17) is 10.5 Å². The van der Waals surface area contributed by atoms with Crippen molar-refractivity contribution in [2.24, 2.45) is 5.73 Å². The molecular formula is C12H19N3O2. The number of rotatable bonds is 5.